The highest BCUT2D eigenvalue weighted by Gasteiger charge is 2.43. The number of hydrogen-bond acceptors (Lipinski definition) is 6. The van der Waals surface area contributed by atoms with Crippen molar-refractivity contribution in [3.63, 3.8) is 0 Å². The molecule has 4 aromatic rings. The van der Waals surface area contributed by atoms with Crippen LogP contribution in [0.25, 0.3) is 16.8 Å². The number of fused-ring (bicyclic) bond motifs is 1. The number of nitrogens with zero attached hydrogens (tertiary/aromatic N) is 6. The van der Waals surface area contributed by atoms with E-state index in [9.17, 15) is 13.6 Å². The van der Waals surface area contributed by atoms with Crippen molar-refractivity contribution in [1.82, 2.24) is 24.4 Å². The standard InChI is InChI=1S/C26H27F2N7O2/c1-15-10-20(27)21(31-25(36)19-13-29-35(23(19)28)26(3)4-5-26)12-18(15)17-11-22(33-6-8-37-9-7-33)24-30-16(2)32-34(24)14-17/h10-14H,4-9H2,1-3H3,(H,31,36). The van der Waals surface area contributed by atoms with E-state index in [-0.39, 0.29) is 11.3 Å². The van der Waals surface area contributed by atoms with Crippen molar-refractivity contribution in [2.75, 3.05) is 36.5 Å². The first-order chi connectivity index (χ1) is 17.7. The number of carbonyl (C=O) groups excluding carboxylic acids is 1. The van der Waals surface area contributed by atoms with Gasteiger partial charge in [0.15, 0.2) is 5.65 Å². The van der Waals surface area contributed by atoms with E-state index in [1.54, 1.807) is 17.5 Å². The molecule has 0 unspecified atom stereocenters. The smallest absolute Gasteiger partial charge is 0.262 e. The summed E-state index contributed by atoms with van der Waals surface area (Å²) in [6.07, 6.45) is 4.62. The van der Waals surface area contributed by atoms with Crippen molar-refractivity contribution in [2.45, 2.75) is 39.2 Å². The van der Waals surface area contributed by atoms with Gasteiger partial charge in [0.2, 0.25) is 5.95 Å². The van der Waals surface area contributed by atoms with Crippen LogP contribution in [0, 0.1) is 25.6 Å². The fourth-order valence-corrected chi connectivity index (χ4v) is 4.78. The number of pyridine rings is 1. The molecule has 192 valence electrons. The number of rotatable bonds is 5. The fourth-order valence-electron chi connectivity index (χ4n) is 4.78. The van der Waals surface area contributed by atoms with Crippen LogP contribution in [0.3, 0.4) is 0 Å². The number of amides is 1. The monoisotopic (exact) mass is 507 g/mol. The minimum absolute atomic E-state index is 0.0434. The summed E-state index contributed by atoms with van der Waals surface area (Å²) in [4.78, 5) is 19.7. The molecule has 2 fully saturated rings. The SMILES string of the molecule is Cc1nc2c(N3CCOCC3)cc(-c3cc(NC(=O)c4cnn(C5(C)CC5)c4F)c(F)cc3C)cn2n1. The highest BCUT2D eigenvalue weighted by Crippen LogP contribution is 2.43. The van der Waals surface area contributed by atoms with Gasteiger partial charge in [-0.2, -0.15) is 14.6 Å². The number of ether oxygens (including phenoxy) is 1. The number of aromatic nitrogens is 5. The first kappa shape index (κ1) is 23.5. The molecule has 1 aliphatic carbocycles. The van der Waals surface area contributed by atoms with Gasteiger partial charge in [-0.3, -0.25) is 4.79 Å². The molecule has 1 saturated carbocycles. The molecule has 1 amide bonds. The van der Waals surface area contributed by atoms with Crippen LogP contribution in [-0.2, 0) is 10.3 Å². The Labute approximate surface area is 212 Å². The molecule has 37 heavy (non-hydrogen) atoms. The molecule has 0 radical (unpaired) electrons. The Bertz CT molecular complexity index is 1530. The Kier molecular flexibility index (Phi) is 5.48. The Hall–Kier alpha value is -3.86. The third kappa shape index (κ3) is 4.12. The van der Waals surface area contributed by atoms with E-state index >= 15 is 0 Å². The first-order valence-corrected chi connectivity index (χ1v) is 12.3. The molecule has 0 bridgehead atoms. The van der Waals surface area contributed by atoms with Crippen molar-refractivity contribution in [3.05, 3.63) is 59.3 Å². The van der Waals surface area contributed by atoms with Crippen LogP contribution >= 0.6 is 0 Å². The maximum Gasteiger partial charge on any atom is 0.262 e. The van der Waals surface area contributed by atoms with Crippen LogP contribution in [0.2, 0.25) is 0 Å². The number of benzene rings is 1. The van der Waals surface area contributed by atoms with Crippen LogP contribution < -0.4 is 10.2 Å². The lowest BCUT2D eigenvalue weighted by molar-refractivity contribution is 0.102. The molecule has 1 N–H and O–H groups in total. The molecule has 6 rings (SSSR count). The van der Waals surface area contributed by atoms with Gasteiger partial charge in [-0.1, -0.05) is 0 Å². The van der Waals surface area contributed by atoms with Crippen molar-refractivity contribution < 1.29 is 18.3 Å². The number of carbonyl (C=O) groups is 1. The van der Waals surface area contributed by atoms with E-state index in [4.69, 9.17) is 4.74 Å². The van der Waals surface area contributed by atoms with E-state index in [0.29, 0.717) is 43.3 Å². The van der Waals surface area contributed by atoms with Gasteiger partial charge in [0.1, 0.15) is 17.2 Å². The molecule has 9 nitrogen and oxygen atoms in total. The number of halogens is 2. The van der Waals surface area contributed by atoms with Crippen molar-refractivity contribution >= 4 is 22.9 Å². The molecule has 11 heteroatoms. The van der Waals surface area contributed by atoms with Crippen LogP contribution in [0.5, 0.6) is 0 Å². The van der Waals surface area contributed by atoms with Gasteiger partial charge < -0.3 is 15.0 Å². The number of hydrogen-bond donors (Lipinski definition) is 1. The summed E-state index contributed by atoms with van der Waals surface area (Å²) in [6.45, 7) is 8.17. The predicted molar refractivity (Wildman–Crippen MR) is 134 cm³/mol. The van der Waals surface area contributed by atoms with E-state index in [1.165, 1.54) is 16.9 Å². The van der Waals surface area contributed by atoms with Crippen LogP contribution in [-0.4, -0.2) is 56.6 Å². The second kappa shape index (κ2) is 8.62. The van der Waals surface area contributed by atoms with E-state index < -0.39 is 23.2 Å². The summed E-state index contributed by atoms with van der Waals surface area (Å²) >= 11 is 0. The second-order valence-corrected chi connectivity index (χ2v) is 10.00. The normalized spacial score (nSPS) is 16.8. The fraction of sp³-hybridized carbons (Fsp3) is 0.385. The number of nitrogens with one attached hydrogen (secondary N) is 1. The topological polar surface area (TPSA) is 89.6 Å². The number of aryl methyl sites for hydroxylation is 2. The summed E-state index contributed by atoms with van der Waals surface area (Å²) < 4.78 is 38.4. The zero-order valence-electron chi connectivity index (χ0n) is 20.9. The third-order valence-electron chi connectivity index (χ3n) is 7.18. The van der Waals surface area contributed by atoms with Crippen molar-refractivity contribution in [3.8, 4) is 11.1 Å². The van der Waals surface area contributed by atoms with Gasteiger partial charge in [0, 0.05) is 24.8 Å². The highest BCUT2D eigenvalue weighted by atomic mass is 19.1. The molecule has 2 aliphatic rings. The molecule has 0 atom stereocenters. The van der Waals surface area contributed by atoms with E-state index in [1.807, 2.05) is 26.1 Å². The Balaban J connectivity index is 1.37. The largest absolute Gasteiger partial charge is 0.378 e. The maximum absolute atomic E-state index is 15.0. The van der Waals surface area contributed by atoms with Crippen molar-refractivity contribution in [1.29, 1.82) is 0 Å². The quantitative estimate of drug-likeness (QED) is 0.438. The predicted octanol–water partition coefficient (Wildman–Crippen LogP) is 4.09. The second-order valence-electron chi connectivity index (χ2n) is 10.00. The summed E-state index contributed by atoms with van der Waals surface area (Å²) in [7, 11) is 0. The van der Waals surface area contributed by atoms with E-state index in [0.717, 1.165) is 29.7 Å². The summed E-state index contributed by atoms with van der Waals surface area (Å²) in [5.41, 5.74) is 3.14. The van der Waals surface area contributed by atoms with Gasteiger partial charge in [-0.25, -0.2) is 18.6 Å². The Morgan fingerprint density at radius 2 is 1.89 bits per heavy atom. The Morgan fingerprint density at radius 1 is 1.14 bits per heavy atom. The van der Waals surface area contributed by atoms with Gasteiger partial charge in [-0.15, -0.1) is 0 Å². The van der Waals surface area contributed by atoms with Crippen molar-refractivity contribution in [2.24, 2.45) is 0 Å². The summed E-state index contributed by atoms with van der Waals surface area (Å²) in [5.74, 6) is -1.44. The van der Waals surface area contributed by atoms with Gasteiger partial charge in [0.25, 0.3) is 5.91 Å². The molecule has 1 aromatic carbocycles. The molecule has 0 spiro atoms. The molecule has 1 aliphatic heterocycles. The Morgan fingerprint density at radius 3 is 2.62 bits per heavy atom. The zero-order valence-corrected chi connectivity index (χ0v) is 20.9. The molecule has 4 heterocycles. The summed E-state index contributed by atoms with van der Waals surface area (Å²) in [5, 5.41) is 11.1. The lowest BCUT2D eigenvalue weighted by Crippen LogP contribution is -2.36. The summed E-state index contributed by atoms with van der Waals surface area (Å²) in [6, 6.07) is 4.93. The van der Waals surface area contributed by atoms with Gasteiger partial charge in [0.05, 0.1) is 36.3 Å². The highest BCUT2D eigenvalue weighted by molar-refractivity contribution is 6.04. The average molecular weight is 508 g/mol. The van der Waals surface area contributed by atoms with Gasteiger partial charge >= 0.3 is 0 Å². The number of morpholine rings is 1. The lowest BCUT2D eigenvalue weighted by atomic mass is 10.00. The first-order valence-electron chi connectivity index (χ1n) is 12.3. The lowest BCUT2D eigenvalue weighted by Gasteiger charge is -2.29. The van der Waals surface area contributed by atoms with Gasteiger partial charge in [-0.05, 0) is 62.9 Å². The minimum atomic E-state index is -0.752. The molecule has 1 saturated heterocycles. The minimum Gasteiger partial charge on any atom is -0.378 e. The average Bonchev–Trinajstić information content (AvgIpc) is 3.30. The van der Waals surface area contributed by atoms with E-state index in [2.05, 4.69) is 25.4 Å². The van der Waals surface area contributed by atoms with Crippen LogP contribution in [0.15, 0.2) is 30.6 Å². The van der Waals surface area contributed by atoms with Crippen LogP contribution in [0.4, 0.5) is 20.2 Å². The third-order valence-corrected chi connectivity index (χ3v) is 7.18. The van der Waals surface area contributed by atoms with Crippen LogP contribution in [0.1, 0.15) is 41.5 Å². The molecular weight excluding hydrogens is 480 g/mol. The number of anilines is 2. The molecular formula is C26H27F2N7O2. The maximum atomic E-state index is 15.0. The molecule has 3 aromatic heterocycles. The zero-order chi connectivity index (χ0) is 25.9.